The van der Waals surface area contributed by atoms with Gasteiger partial charge in [-0.3, -0.25) is 4.79 Å². The third kappa shape index (κ3) is 1.42. The second kappa shape index (κ2) is 2.70. The van der Waals surface area contributed by atoms with Crippen LogP contribution in [0.3, 0.4) is 0 Å². The van der Waals surface area contributed by atoms with Crippen molar-refractivity contribution in [3.8, 4) is 0 Å². The van der Waals surface area contributed by atoms with Crippen molar-refractivity contribution in [1.82, 2.24) is 0 Å². The fourth-order valence-corrected chi connectivity index (χ4v) is 2.61. The minimum absolute atomic E-state index is 0.0707. The van der Waals surface area contributed by atoms with Gasteiger partial charge in [0.15, 0.2) is 5.79 Å². The Balaban J connectivity index is 2.14. The van der Waals surface area contributed by atoms with Crippen LogP contribution in [-0.4, -0.2) is 28.6 Å². The van der Waals surface area contributed by atoms with E-state index in [1.165, 1.54) is 0 Å². The largest absolute Gasteiger partial charge is 0.481 e. The summed E-state index contributed by atoms with van der Waals surface area (Å²) in [5.41, 5.74) is -0.410. The molecule has 4 nitrogen and oxygen atoms in total. The zero-order valence-electron chi connectivity index (χ0n) is 8.74. The molecule has 1 N–H and O–H groups in total. The Morgan fingerprint density at radius 3 is 2.57 bits per heavy atom. The van der Waals surface area contributed by atoms with Crippen molar-refractivity contribution >= 4 is 5.97 Å². The standard InChI is InChI=1S/C10H16O4/c1-9(2)13-7-4-6(8(11)12)5-10(7,3)14-9/h6-7H,4-5H2,1-3H3,(H,11,12)/t6-,7+,10-/m1/s1. The van der Waals surface area contributed by atoms with Gasteiger partial charge in [-0.1, -0.05) is 0 Å². The first kappa shape index (κ1) is 9.93. The first-order valence-corrected chi connectivity index (χ1v) is 4.93. The number of aliphatic carboxylic acids is 1. The van der Waals surface area contributed by atoms with Gasteiger partial charge in [-0.15, -0.1) is 0 Å². The van der Waals surface area contributed by atoms with Crippen LogP contribution in [-0.2, 0) is 14.3 Å². The lowest BCUT2D eigenvalue weighted by Gasteiger charge is -2.24. The zero-order valence-corrected chi connectivity index (χ0v) is 8.74. The van der Waals surface area contributed by atoms with Gasteiger partial charge in [0.2, 0.25) is 0 Å². The highest BCUT2D eigenvalue weighted by atomic mass is 16.8. The number of fused-ring (bicyclic) bond motifs is 1. The summed E-state index contributed by atoms with van der Waals surface area (Å²) in [5.74, 6) is -1.63. The van der Waals surface area contributed by atoms with Gasteiger partial charge in [-0.25, -0.2) is 0 Å². The Labute approximate surface area is 83.2 Å². The Bertz CT molecular complexity index is 273. The van der Waals surface area contributed by atoms with Gasteiger partial charge in [0.25, 0.3) is 0 Å². The second-order valence-corrected chi connectivity index (χ2v) is 4.90. The Morgan fingerprint density at radius 2 is 2.07 bits per heavy atom. The smallest absolute Gasteiger partial charge is 0.306 e. The van der Waals surface area contributed by atoms with Crippen molar-refractivity contribution in [2.24, 2.45) is 5.92 Å². The maximum atomic E-state index is 10.8. The molecule has 1 heterocycles. The average Bonchev–Trinajstić information content (AvgIpc) is 2.34. The number of carbonyl (C=O) groups is 1. The van der Waals surface area contributed by atoms with Crippen molar-refractivity contribution in [2.75, 3.05) is 0 Å². The summed E-state index contributed by atoms with van der Waals surface area (Å²) >= 11 is 0. The molecular weight excluding hydrogens is 184 g/mol. The molecule has 1 aliphatic carbocycles. The van der Waals surface area contributed by atoms with Crippen molar-refractivity contribution < 1.29 is 19.4 Å². The molecule has 0 amide bonds. The molecule has 2 rings (SSSR count). The highest BCUT2D eigenvalue weighted by Crippen LogP contribution is 2.48. The highest BCUT2D eigenvalue weighted by Gasteiger charge is 2.57. The summed E-state index contributed by atoms with van der Waals surface area (Å²) in [6, 6.07) is 0. The van der Waals surface area contributed by atoms with Crippen LogP contribution in [0.5, 0.6) is 0 Å². The molecule has 80 valence electrons. The molecule has 1 saturated carbocycles. The summed E-state index contributed by atoms with van der Waals surface area (Å²) in [6.07, 6.45) is 1.05. The minimum atomic E-state index is -0.745. The van der Waals surface area contributed by atoms with E-state index >= 15 is 0 Å². The number of ether oxygens (including phenoxy) is 2. The molecule has 0 bridgehead atoms. The first-order chi connectivity index (χ1) is 6.32. The molecule has 0 aromatic heterocycles. The number of rotatable bonds is 1. The van der Waals surface area contributed by atoms with E-state index in [4.69, 9.17) is 14.6 Å². The van der Waals surface area contributed by atoms with Crippen LogP contribution in [0.15, 0.2) is 0 Å². The van der Waals surface area contributed by atoms with Gasteiger partial charge in [-0.05, 0) is 33.6 Å². The van der Waals surface area contributed by atoms with E-state index in [1.54, 1.807) is 0 Å². The summed E-state index contributed by atoms with van der Waals surface area (Å²) in [5, 5.41) is 8.90. The first-order valence-electron chi connectivity index (χ1n) is 4.93. The number of hydrogen-bond acceptors (Lipinski definition) is 3. The number of hydrogen-bond donors (Lipinski definition) is 1. The summed E-state index contributed by atoms with van der Waals surface area (Å²) in [7, 11) is 0. The third-order valence-corrected chi connectivity index (χ3v) is 3.09. The normalized spacial score (nSPS) is 45.1. The molecule has 0 unspecified atom stereocenters. The van der Waals surface area contributed by atoms with Crippen LogP contribution in [0.1, 0.15) is 33.6 Å². The Kier molecular flexibility index (Phi) is 1.92. The predicted octanol–water partition coefficient (Wildman–Crippen LogP) is 1.39. The second-order valence-electron chi connectivity index (χ2n) is 4.90. The predicted molar refractivity (Wildman–Crippen MR) is 48.8 cm³/mol. The van der Waals surface area contributed by atoms with E-state index in [1.807, 2.05) is 20.8 Å². The molecule has 0 aromatic carbocycles. The van der Waals surface area contributed by atoms with Gasteiger partial charge >= 0.3 is 5.97 Å². The lowest BCUT2D eigenvalue weighted by atomic mass is 10.0. The molecule has 0 spiro atoms. The maximum absolute atomic E-state index is 10.8. The molecular formula is C10H16O4. The summed E-state index contributed by atoms with van der Waals surface area (Å²) < 4.78 is 11.4. The molecule has 0 radical (unpaired) electrons. The van der Waals surface area contributed by atoms with E-state index in [9.17, 15) is 4.79 Å². The van der Waals surface area contributed by atoms with Gasteiger partial charge in [0.05, 0.1) is 17.6 Å². The summed E-state index contributed by atoms with van der Waals surface area (Å²) in [6.45, 7) is 5.67. The van der Waals surface area contributed by atoms with Crippen molar-refractivity contribution in [2.45, 2.75) is 51.1 Å². The Hall–Kier alpha value is -0.610. The quantitative estimate of drug-likeness (QED) is 0.695. The lowest BCUT2D eigenvalue weighted by molar-refractivity contribution is -0.172. The maximum Gasteiger partial charge on any atom is 0.306 e. The van der Waals surface area contributed by atoms with Crippen LogP contribution >= 0.6 is 0 Å². The van der Waals surface area contributed by atoms with E-state index in [0.29, 0.717) is 12.8 Å². The van der Waals surface area contributed by atoms with Crippen molar-refractivity contribution in [1.29, 1.82) is 0 Å². The van der Waals surface area contributed by atoms with E-state index in [-0.39, 0.29) is 12.0 Å². The van der Waals surface area contributed by atoms with E-state index in [0.717, 1.165) is 0 Å². The van der Waals surface area contributed by atoms with Crippen LogP contribution in [0.25, 0.3) is 0 Å². The number of carboxylic acids is 1. The monoisotopic (exact) mass is 200 g/mol. The average molecular weight is 200 g/mol. The topological polar surface area (TPSA) is 55.8 Å². The van der Waals surface area contributed by atoms with Crippen molar-refractivity contribution in [3.05, 3.63) is 0 Å². The van der Waals surface area contributed by atoms with E-state index < -0.39 is 17.4 Å². The fraction of sp³-hybridized carbons (Fsp3) is 0.900. The van der Waals surface area contributed by atoms with E-state index in [2.05, 4.69) is 0 Å². The van der Waals surface area contributed by atoms with Crippen molar-refractivity contribution in [3.63, 3.8) is 0 Å². The number of carboxylic acid groups (broad SMARTS) is 1. The van der Waals surface area contributed by atoms with Crippen LogP contribution < -0.4 is 0 Å². The van der Waals surface area contributed by atoms with Gasteiger partial charge in [0, 0.05) is 0 Å². The van der Waals surface area contributed by atoms with Gasteiger partial charge in [-0.2, -0.15) is 0 Å². The molecule has 3 atom stereocenters. The molecule has 1 aliphatic heterocycles. The minimum Gasteiger partial charge on any atom is -0.481 e. The van der Waals surface area contributed by atoms with Gasteiger partial charge < -0.3 is 14.6 Å². The zero-order chi connectivity index (χ0) is 10.6. The Morgan fingerprint density at radius 1 is 1.43 bits per heavy atom. The van der Waals surface area contributed by atoms with Crippen LogP contribution in [0.4, 0.5) is 0 Å². The van der Waals surface area contributed by atoms with Gasteiger partial charge in [0.1, 0.15) is 0 Å². The molecule has 2 aliphatic rings. The molecule has 14 heavy (non-hydrogen) atoms. The SMILES string of the molecule is CC1(C)O[C@H]2C[C@@H](C(=O)O)C[C@@]2(C)O1. The highest BCUT2D eigenvalue weighted by molar-refractivity contribution is 5.70. The summed E-state index contributed by atoms with van der Waals surface area (Å²) in [4.78, 5) is 10.8. The molecule has 0 aromatic rings. The fourth-order valence-electron chi connectivity index (χ4n) is 2.61. The molecule has 1 saturated heterocycles. The lowest BCUT2D eigenvalue weighted by Crippen LogP contribution is -2.32. The molecule has 4 heteroatoms. The van der Waals surface area contributed by atoms with Crippen LogP contribution in [0.2, 0.25) is 0 Å². The third-order valence-electron chi connectivity index (χ3n) is 3.09. The molecule has 2 fully saturated rings. The van der Waals surface area contributed by atoms with Crippen LogP contribution in [0, 0.1) is 5.92 Å².